The number of hydrogen-bond acceptors (Lipinski definition) is 5. The monoisotopic (exact) mass is 462 g/mol. The first-order valence-corrected chi connectivity index (χ1v) is 9.75. The molecule has 0 aliphatic carbocycles. The van der Waals surface area contributed by atoms with Crippen molar-refractivity contribution in [3.8, 4) is 11.3 Å². The number of alkyl halides is 3. The summed E-state index contributed by atoms with van der Waals surface area (Å²) in [5, 5.41) is 7.12. The minimum Gasteiger partial charge on any atom is -0.475 e. The van der Waals surface area contributed by atoms with Crippen LogP contribution in [0.3, 0.4) is 0 Å². The number of amides is 1. The predicted molar refractivity (Wildman–Crippen MR) is 109 cm³/mol. The van der Waals surface area contributed by atoms with Crippen LogP contribution in [0.15, 0.2) is 55.1 Å². The summed E-state index contributed by atoms with van der Waals surface area (Å²) in [7, 11) is 0. The SMILES string of the molecule is O=C(O)C(F)(F)F.O=C(c1ccncc1)N1CCc2ncnc(-c3cccc(F)c3)c2CC1. The van der Waals surface area contributed by atoms with E-state index in [9.17, 15) is 22.4 Å². The molecule has 0 bridgehead atoms. The number of carbonyl (C=O) groups is 2. The highest BCUT2D eigenvalue weighted by Gasteiger charge is 2.38. The smallest absolute Gasteiger partial charge is 0.475 e. The highest BCUT2D eigenvalue weighted by atomic mass is 19.4. The van der Waals surface area contributed by atoms with E-state index in [2.05, 4.69) is 15.0 Å². The zero-order chi connectivity index (χ0) is 24.0. The van der Waals surface area contributed by atoms with Crippen molar-refractivity contribution < 1.29 is 32.3 Å². The Hall–Kier alpha value is -3.89. The van der Waals surface area contributed by atoms with Crippen LogP contribution in [0.25, 0.3) is 11.3 Å². The molecule has 1 N–H and O–H groups in total. The van der Waals surface area contributed by atoms with Crippen LogP contribution in [-0.2, 0) is 17.6 Å². The Morgan fingerprint density at radius 3 is 2.30 bits per heavy atom. The zero-order valence-electron chi connectivity index (χ0n) is 17.1. The van der Waals surface area contributed by atoms with Crippen molar-refractivity contribution in [3.05, 3.63) is 77.8 Å². The number of rotatable bonds is 2. The molecule has 1 aliphatic heterocycles. The molecule has 0 spiro atoms. The number of fused-ring (bicyclic) bond motifs is 1. The van der Waals surface area contributed by atoms with Crippen molar-refractivity contribution in [1.29, 1.82) is 0 Å². The number of carbonyl (C=O) groups excluding carboxylic acids is 1. The molecule has 0 unspecified atom stereocenters. The van der Waals surface area contributed by atoms with E-state index in [0.29, 0.717) is 31.5 Å². The van der Waals surface area contributed by atoms with E-state index in [-0.39, 0.29) is 11.7 Å². The Balaban J connectivity index is 0.000000383. The molecular formula is C22H18F4N4O3. The fraction of sp³-hybridized carbons (Fsp3) is 0.227. The molecule has 4 rings (SSSR count). The minimum atomic E-state index is -5.08. The molecule has 1 amide bonds. The molecule has 0 atom stereocenters. The summed E-state index contributed by atoms with van der Waals surface area (Å²) in [5.41, 5.74) is 4.01. The Labute approximate surface area is 185 Å². The van der Waals surface area contributed by atoms with Crippen LogP contribution in [0.5, 0.6) is 0 Å². The van der Waals surface area contributed by atoms with Gasteiger partial charge >= 0.3 is 12.1 Å². The average Bonchev–Trinajstić information content (AvgIpc) is 3.02. The summed E-state index contributed by atoms with van der Waals surface area (Å²) in [6, 6.07) is 9.86. The van der Waals surface area contributed by atoms with Gasteiger partial charge in [0.15, 0.2) is 0 Å². The van der Waals surface area contributed by atoms with Gasteiger partial charge in [0.2, 0.25) is 0 Å². The van der Waals surface area contributed by atoms with Gasteiger partial charge in [0.1, 0.15) is 12.1 Å². The molecule has 0 saturated heterocycles. The lowest BCUT2D eigenvalue weighted by atomic mass is 10.0. The first-order chi connectivity index (χ1) is 15.7. The molecule has 3 aromatic rings. The van der Waals surface area contributed by atoms with Crippen molar-refractivity contribution in [2.45, 2.75) is 19.0 Å². The molecular weight excluding hydrogens is 444 g/mol. The van der Waals surface area contributed by atoms with E-state index in [1.54, 1.807) is 30.6 Å². The number of hydrogen-bond donors (Lipinski definition) is 1. The lowest BCUT2D eigenvalue weighted by molar-refractivity contribution is -0.192. The molecule has 1 aliphatic rings. The summed E-state index contributed by atoms with van der Waals surface area (Å²) >= 11 is 0. The maximum Gasteiger partial charge on any atom is 0.490 e. The molecule has 0 fully saturated rings. The number of benzene rings is 1. The van der Waals surface area contributed by atoms with Crippen LogP contribution in [0.1, 0.15) is 21.6 Å². The van der Waals surface area contributed by atoms with E-state index < -0.39 is 12.1 Å². The van der Waals surface area contributed by atoms with Crippen molar-refractivity contribution >= 4 is 11.9 Å². The van der Waals surface area contributed by atoms with Crippen molar-refractivity contribution in [3.63, 3.8) is 0 Å². The number of carboxylic acids is 1. The lowest BCUT2D eigenvalue weighted by Gasteiger charge is -2.20. The molecule has 172 valence electrons. The highest BCUT2D eigenvalue weighted by Crippen LogP contribution is 2.26. The zero-order valence-corrected chi connectivity index (χ0v) is 17.1. The standard InChI is InChI=1S/C20H17FN4O.C2HF3O2/c21-16-3-1-2-15(12-16)19-17-6-10-25(11-7-18(17)23-13-24-19)20(26)14-4-8-22-9-5-14;3-2(4,5)1(6)7/h1-5,8-9,12-13H,6-7,10-11H2;(H,6,7). The largest absolute Gasteiger partial charge is 0.490 e. The lowest BCUT2D eigenvalue weighted by Crippen LogP contribution is -2.33. The molecule has 1 aromatic carbocycles. The van der Waals surface area contributed by atoms with Gasteiger partial charge in [-0.2, -0.15) is 13.2 Å². The second-order valence-corrected chi connectivity index (χ2v) is 6.99. The summed E-state index contributed by atoms with van der Waals surface area (Å²) in [6.45, 7) is 1.16. The molecule has 7 nitrogen and oxygen atoms in total. The number of nitrogens with zero attached hydrogens (tertiary/aromatic N) is 4. The van der Waals surface area contributed by atoms with Gasteiger partial charge in [0, 0.05) is 54.3 Å². The highest BCUT2D eigenvalue weighted by molar-refractivity contribution is 5.94. The third-order valence-corrected chi connectivity index (χ3v) is 4.84. The van der Waals surface area contributed by atoms with E-state index in [4.69, 9.17) is 9.90 Å². The van der Waals surface area contributed by atoms with Gasteiger partial charge in [0.25, 0.3) is 5.91 Å². The maximum absolute atomic E-state index is 13.6. The third kappa shape index (κ3) is 6.09. The molecule has 0 saturated carbocycles. The van der Waals surface area contributed by atoms with Gasteiger partial charge in [-0.3, -0.25) is 9.78 Å². The first-order valence-electron chi connectivity index (χ1n) is 9.75. The second kappa shape index (κ2) is 10.2. The average molecular weight is 462 g/mol. The number of pyridine rings is 1. The van der Waals surface area contributed by atoms with E-state index in [0.717, 1.165) is 22.5 Å². The van der Waals surface area contributed by atoms with Crippen molar-refractivity contribution in [2.24, 2.45) is 0 Å². The molecule has 33 heavy (non-hydrogen) atoms. The number of carboxylic acid groups (broad SMARTS) is 1. The van der Waals surface area contributed by atoms with Crippen LogP contribution in [-0.4, -0.2) is 56.1 Å². The van der Waals surface area contributed by atoms with Crippen LogP contribution >= 0.6 is 0 Å². The summed E-state index contributed by atoms with van der Waals surface area (Å²) in [5.74, 6) is -3.06. The minimum absolute atomic E-state index is 0.0135. The van der Waals surface area contributed by atoms with Crippen LogP contribution in [0.2, 0.25) is 0 Å². The number of halogens is 4. The normalized spacial score (nSPS) is 13.3. The Morgan fingerprint density at radius 1 is 1.00 bits per heavy atom. The Morgan fingerprint density at radius 2 is 1.67 bits per heavy atom. The molecule has 2 aromatic heterocycles. The number of aliphatic carboxylic acids is 1. The molecule has 11 heteroatoms. The van der Waals surface area contributed by atoms with Gasteiger partial charge in [-0.1, -0.05) is 12.1 Å². The van der Waals surface area contributed by atoms with E-state index in [1.165, 1.54) is 18.5 Å². The van der Waals surface area contributed by atoms with Crippen LogP contribution < -0.4 is 0 Å². The summed E-state index contributed by atoms with van der Waals surface area (Å²) < 4.78 is 45.4. The second-order valence-electron chi connectivity index (χ2n) is 6.99. The fourth-order valence-corrected chi connectivity index (χ4v) is 3.29. The van der Waals surface area contributed by atoms with Gasteiger partial charge in [-0.25, -0.2) is 19.2 Å². The Kier molecular flexibility index (Phi) is 7.31. The van der Waals surface area contributed by atoms with Gasteiger partial charge in [-0.15, -0.1) is 0 Å². The van der Waals surface area contributed by atoms with Gasteiger partial charge in [-0.05, 0) is 30.7 Å². The van der Waals surface area contributed by atoms with E-state index >= 15 is 0 Å². The van der Waals surface area contributed by atoms with Crippen LogP contribution in [0, 0.1) is 5.82 Å². The van der Waals surface area contributed by atoms with Crippen molar-refractivity contribution in [2.75, 3.05) is 13.1 Å². The third-order valence-electron chi connectivity index (χ3n) is 4.84. The quantitative estimate of drug-likeness (QED) is 0.586. The van der Waals surface area contributed by atoms with Gasteiger partial charge < -0.3 is 10.0 Å². The van der Waals surface area contributed by atoms with Crippen molar-refractivity contribution in [1.82, 2.24) is 19.9 Å². The van der Waals surface area contributed by atoms with Gasteiger partial charge in [0.05, 0.1) is 5.69 Å². The fourth-order valence-electron chi connectivity index (χ4n) is 3.29. The Bertz CT molecular complexity index is 1140. The summed E-state index contributed by atoms with van der Waals surface area (Å²) in [6.07, 6.45) is 0.954. The number of aromatic nitrogens is 3. The summed E-state index contributed by atoms with van der Waals surface area (Å²) in [4.78, 5) is 36.2. The van der Waals surface area contributed by atoms with E-state index in [1.807, 2.05) is 11.0 Å². The first kappa shape index (κ1) is 23.8. The predicted octanol–water partition coefficient (Wildman–Crippen LogP) is 3.55. The molecule has 0 radical (unpaired) electrons. The maximum atomic E-state index is 13.6. The topological polar surface area (TPSA) is 96.3 Å². The molecule has 3 heterocycles. The van der Waals surface area contributed by atoms with Crippen LogP contribution in [0.4, 0.5) is 17.6 Å².